The van der Waals surface area contributed by atoms with E-state index in [4.69, 9.17) is 9.52 Å². The highest BCUT2D eigenvalue weighted by Crippen LogP contribution is 2.14. The normalized spacial score (nSPS) is 15.8. The van der Waals surface area contributed by atoms with E-state index in [1.165, 1.54) is 11.1 Å². The van der Waals surface area contributed by atoms with Crippen LogP contribution in [0.2, 0.25) is 0 Å². The van der Waals surface area contributed by atoms with E-state index in [-0.39, 0.29) is 24.0 Å². The molecule has 6 nitrogen and oxygen atoms in total. The maximum atomic E-state index is 5.24. The Morgan fingerprint density at radius 3 is 2.55 bits per heavy atom. The number of nitrogens with zero attached hydrogens (tertiary/aromatic N) is 3. The lowest BCUT2D eigenvalue weighted by Gasteiger charge is -2.33. The van der Waals surface area contributed by atoms with Gasteiger partial charge >= 0.3 is 0 Å². The van der Waals surface area contributed by atoms with Gasteiger partial charge in [0, 0.05) is 44.3 Å². The number of piperidine rings is 1. The number of likely N-dealkylation sites (tertiary alicyclic amines) is 1. The fourth-order valence-corrected chi connectivity index (χ4v) is 3.73. The summed E-state index contributed by atoms with van der Waals surface area (Å²) >= 11 is 0. The summed E-state index contributed by atoms with van der Waals surface area (Å²) in [7, 11) is 0. The lowest BCUT2D eigenvalue weighted by atomic mass is 10.0. The van der Waals surface area contributed by atoms with Crippen molar-refractivity contribution in [3.05, 3.63) is 52.9 Å². The molecule has 0 spiro atoms. The second-order valence-corrected chi connectivity index (χ2v) is 7.49. The molecule has 0 atom stereocenters. The number of aliphatic imine (C=N–C) groups is 1. The van der Waals surface area contributed by atoms with E-state index in [2.05, 4.69) is 57.9 Å². The average molecular weight is 511 g/mol. The molecular formula is C22H34IN5O. The van der Waals surface area contributed by atoms with Crippen LogP contribution in [0.3, 0.4) is 0 Å². The summed E-state index contributed by atoms with van der Waals surface area (Å²) in [5.74, 6) is 1.81. The summed E-state index contributed by atoms with van der Waals surface area (Å²) in [4.78, 5) is 7.30. The third-order valence-electron chi connectivity index (χ3n) is 5.33. The number of hydrogen-bond donors (Lipinski definition) is 2. The van der Waals surface area contributed by atoms with Gasteiger partial charge in [0.05, 0.1) is 5.69 Å². The predicted molar refractivity (Wildman–Crippen MR) is 129 cm³/mol. The topological polar surface area (TPSA) is 65.7 Å². The minimum absolute atomic E-state index is 0. The van der Waals surface area contributed by atoms with Crippen LogP contribution in [-0.2, 0) is 13.0 Å². The van der Waals surface area contributed by atoms with Crippen LogP contribution >= 0.6 is 24.0 Å². The molecular weight excluding hydrogens is 477 g/mol. The molecule has 160 valence electrons. The molecule has 0 aliphatic carbocycles. The van der Waals surface area contributed by atoms with Gasteiger partial charge in [0.15, 0.2) is 5.96 Å². The first-order chi connectivity index (χ1) is 13.7. The minimum atomic E-state index is 0. The number of halogens is 1. The van der Waals surface area contributed by atoms with E-state index in [9.17, 15) is 0 Å². The predicted octanol–water partition coefficient (Wildman–Crippen LogP) is 3.67. The first-order valence-corrected chi connectivity index (χ1v) is 10.4. The smallest absolute Gasteiger partial charge is 0.191 e. The highest BCUT2D eigenvalue weighted by atomic mass is 127. The van der Waals surface area contributed by atoms with Crippen molar-refractivity contribution < 1.29 is 4.52 Å². The van der Waals surface area contributed by atoms with Crippen molar-refractivity contribution in [1.82, 2.24) is 20.7 Å². The molecule has 1 aliphatic heterocycles. The Bertz CT molecular complexity index is 734. The Morgan fingerprint density at radius 1 is 1.21 bits per heavy atom. The Kier molecular flexibility index (Phi) is 9.93. The maximum Gasteiger partial charge on any atom is 0.191 e. The lowest BCUT2D eigenvalue weighted by molar-refractivity contribution is 0.198. The Labute approximate surface area is 191 Å². The first-order valence-electron chi connectivity index (χ1n) is 10.4. The van der Waals surface area contributed by atoms with Gasteiger partial charge < -0.3 is 15.2 Å². The van der Waals surface area contributed by atoms with Crippen molar-refractivity contribution in [2.45, 2.75) is 52.6 Å². The molecule has 0 unspecified atom stereocenters. The van der Waals surface area contributed by atoms with E-state index in [0.717, 1.165) is 69.4 Å². The molecule has 0 bridgehead atoms. The number of nitrogens with one attached hydrogen (secondary N) is 2. The van der Waals surface area contributed by atoms with Gasteiger partial charge in [-0.2, -0.15) is 0 Å². The van der Waals surface area contributed by atoms with Gasteiger partial charge in [-0.15, -0.1) is 24.0 Å². The van der Waals surface area contributed by atoms with Crippen LogP contribution in [0, 0.1) is 13.8 Å². The zero-order valence-electron chi connectivity index (χ0n) is 17.8. The molecule has 1 aromatic heterocycles. The van der Waals surface area contributed by atoms with Crippen LogP contribution in [0.1, 0.15) is 42.3 Å². The van der Waals surface area contributed by atoms with Crippen molar-refractivity contribution in [1.29, 1.82) is 0 Å². The number of rotatable bonds is 7. The minimum Gasteiger partial charge on any atom is -0.361 e. The molecule has 1 aliphatic rings. The summed E-state index contributed by atoms with van der Waals surface area (Å²) in [5, 5.41) is 11.0. The van der Waals surface area contributed by atoms with Gasteiger partial charge in [-0.25, -0.2) is 0 Å². The maximum absolute atomic E-state index is 5.24. The zero-order valence-corrected chi connectivity index (χ0v) is 20.1. The van der Waals surface area contributed by atoms with Gasteiger partial charge in [0.2, 0.25) is 0 Å². The van der Waals surface area contributed by atoms with E-state index in [0.29, 0.717) is 6.04 Å². The van der Waals surface area contributed by atoms with Crippen molar-refractivity contribution in [3.63, 3.8) is 0 Å². The quantitative estimate of drug-likeness (QED) is 0.338. The molecule has 0 amide bonds. The van der Waals surface area contributed by atoms with Crippen LogP contribution in [0.4, 0.5) is 0 Å². The fourth-order valence-electron chi connectivity index (χ4n) is 3.73. The summed E-state index contributed by atoms with van der Waals surface area (Å²) < 4.78 is 5.24. The third kappa shape index (κ3) is 7.29. The lowest BCUT2D eigenvalue weighted by Crippen LogP contribution is -2.48. The van der Waals surface area contributed by atoms with Crippen molar-refractivity contribution >= 4 is 29.9 Å². The van der Waals surface area contributed by atoms with E-state index in [1.807, 2.05) is 13.8 Å². The number of benzene rings is 1. The summed E-state index contributed by atoms with van der Waals surface area (Å²) in [6.45, 7) is 10.9. The van der Waals surface area contributed by atoms with Gasteiger partial charge in [-0.1, -0.05) is 35.5 Å². The summed E-state index contributed by atoms with van der Waals surface area (Å²) in [6.07, 6.45) is 3.13. The van der Waals surface area contributed by atoms with Crippen LogP contribution < -0.4 is 10.6 Å². The fraction of sp³-hybridized carbons (Fsp3) is 0.545. The average Bonchev–Trinajstić information content (AvgIpc) is 3.02. The number of aromatic nitrogens is 1. The van der Waals surface area contributed by atoms with Crippen molar-refractivity contribution in [2.75, 3.05) is 26.2 Å². The first kappa shape index (κ1) is 23.7. The number of hydrogen-bond acceptors (Lipinski definition) is 4. The van der Waals surface area contributed by atoms with E-state index < -0.39 is 0 Å². The third-order valence-corrected chi connectivity index (χ3v) is 5.33. The number of guanidine groups is 1. The Morgan fingerprint density at radius 2 is 1.93 bits per heavy atom. The van der Waals surface area contributed by atoms with Crippen LogP contribution in [0.15, 0.2) is 39.8 Å². The number of aryl methyl sites for hydroxylation is 2. The molecule has 0 saturated carbocycles. The van der Waals surface area contributed by atoms with Crippen LogP contribution in [0.25, 0.3) is 0 Å². The van der Waals surface area contributed by atoms with Crippen molar-refractivity contribution in [3.8, 4) is 0 Å². The van der Waals surface area contributed by atoms with Crippen LogP contribution in [-0.4, -0.2) is 48.2 Å². The molecule has 3 rings (SSSR count). The molecule has 1 fully saturated rings. The highest BCUT2D eigenvalue weighted by molar-refractivity contribution is 14.0. The molecule has 0 radical (unpaired) electrons. The molecule has 1 saturated heterocycles. The van der Waals surface area contributed by atoms with Gasteiger partial charge in [0.1, 0.15) is 5.76 Å². The van der Waals surface area contributed by atoms with Crippen LogP contribution in [0.5, 0.6) is 0 Å². The highest BCUT2D eigenvalue weighted by Gasteiger charge is 2.20. The Hall–Kier alpha value is -1.61. The van der Waals surface area contributed by atoms with Crippen molar-refractivity contribution in [2.24, 2.45) is 4.99 Å². The molecule has 2 heterocycles. The zero-order chi connectivity index (χ0) is 19.8. The second-order valence-electron chi connectivity index (χ2n) is 7.49. The Balaban J connectivity index is 0.00000300. The van der Waals surface area contributed by atoms with E-state index >= 15 is 0 Å². The largest absolute Gasteiger partial charge is 0.361 e. The SMILES string of the molecule is CCNC(=NCCc1c(C)noc1C)NC1CCN(Cc2ccccc2)CC1.I. The summed E-state index contributed by atoms with van der Waals surface area (Å²) in [5.41, 5.74) is 3.54. The van der Waals surface area contributed by atoms with Gasteiger partial charge in [-0.3, -0.25) is 9.89 Å². The molecule has 29 heavy (non-hydrogen) atoms. The molecule has 7 heteroatoms. The van der Waals surface area contributed by atoms with E-state index in [1.54, 1.807) is 0 Å². The molecule has 2 aromatic rings. The summed E-state index contributed by atoms with van der Waals surface area (Å²) in [6, 6.07) is 11.2. The standard InChI is InChI=1S/C22H33N5O.HI/c1-4-23-22(24-13-10-21-17(2)26-28-18(21)3)25-20-11-14-27(15-12-20)16-19-8-6-5-7-9-19;/h5-9,20H,4,10-16H2,1-3H3,(H2,23,24,25);1H. The molecule has 2 N–H and O–H groups in total. The monoisotopic (exact) mass is 511 g/mol. The molecule has 1 aromatic carbocycles. The van der Waals surface area contributed by atoms with Gasteiger partial charge in [0.25, 0.3) is 0 Å². The van der Waals surface area contributed by atoms with Gasteiger partial charge in [-0.05, 0) is 45.6 Å². The second kappa shape index (κ2) is 12.2.